The van der Waals surface area contributed by atoms with Gasteiger partial charge in [-0.3, -0.25) is 14.7 Å². The predicted molar refractivity (Wildman–Crippen MR) is 140 cm³/mol. The van der Waals surface area contributed by atoms with Gasteiger partial charge in [-0.25, -0.2) is 0 Å². The molecule has 214 valence electrons. The van der Waals surface area contributed by atoms with Crippen molar-refractivity contribution in [1.82, 2.24) is 20.1 Å². The fourth-order valence-corrected chi connectivity index (χ4v) is 5.57. The van der Waals surface area contributed by atoms with E-state index < -0.39 is 18.0 Å². The minimum Gasteiger partial charge on any atom is -0.491 e. The fraction of sp³-hybridized carbons (Fsp3) is 0.571. The molecule has 39 heavy (non-hydrogen) atoms. The van der Waals surface area contributed by atoms with Crippen LogP contribution in [0.3, 0.4) is 0 Å². The molecule has 2 aromatic rings. The summed E-state index contributed by atoms with van der Waals surface area (Å²) in [5.41, 5.74) is 2.50. The molecular weight excluding hydrogens is 513 g/mol. The summed E-state index contributed by atoms with van der Waals surface area (Å²) >= 11 is 0. The second-order valence-electron chi connectivity index (χ2n) is 10.4. The van der Waals surface area contributed by atoms with Gasteiger partial charge in [0.15, 0.2) is 0 Å². The number of amides is 1. The van der Waals surface area contributed by atoms with Crippen LogP contribution in [0.5, 0.6) is 5.75 Å². The number of nitrogens with zero attached hydrogens (tertiary/aromatic N) is 3. The number of nitrogens with one attached hydrogen (secondary N) is 1. The highest BCUT2D eigenvalue weighted by molar-refractivity contribution is 5.94. The highest BCUT2D eigenvalue weighted by atomic mass is 19.4. The van der Waals surface area contributed by atoms with E-state index in [1.54, 1.807) is 12.0 Å². The topological polar surface area (TPSA) is 87.2 Å². The van der Waals surface area contributed by atoms with Crippen LogP contribution in [-0.2, 0) is 10.9 Å². The summed E-state index contributed by atoms with van der Waals surface area (Å²) in [6, 6.07) is 6.37. The van der Waals surface area contributed by atoms with Gasteiger partial charge in [-0.2, -0.15) is 13.2 Å². The Morgan fingerprint density at radius 1 is 1.18 bits per heavy atom. The number of rotatable bonds is 11. The highest BCUT2D eigenvalue weighted by Crippen LogP contribution is 2.39. The Labute approximate surface area is 227 Å². The quantitative estimate of drug-likeness (QED) is 0.415. The zero-order valence-corrected chi connectivity index (χ0v) is 22.8. The fourth-order valence-electron chi connectivity index (χ4n) is 5.57. The van der Waals surface area contributed by atoms with E-state index in [2.05, 4.69) is 35.1 Å². The molecule has 4 rings (SSSR count). The number of halogens is 3. The molecule has 1 aromatic heterocycles. The molecule has 2 fully saturated rings. The lowest BCUT2D eigenvalue weighted by molar-refractivity contribution is -0.141. The average Bonchev–Trinajstić information content (AvgIpc) is 3.52. The number of piperazine rings is 1. The third-order valence-corrected chi connectivity index (χ3v) is 7.87. The molecule has 11 heteroatoms. The largest absolute Gasteiger partial charge is 0.491 e. The Bertz CT molecular complexity index is 1140. The first kappa shape index (κ1) is 29.3. The van der Waals surface area contributed by atoms with Gasteiger partial charge in [-0.1, -0.05) is 6.07 Å². The van der Waals surface area contributed by atoms with Crippen molar-refractivity contribution in [2.75, 3.05) is 46.5 Å². The lowest BCUT2D eigenvalue weighted by Gasteiger charge is -2.38. The van der Waals surface area contributed by atoms with E-state index in [0.29, 0.717) is 32.8 Å². The molecule has 2 aliphatic heterocycles. The number of carbonyl (C=O) groups is 1. The number of aromatic nitrogens is 1. The van der Waals surface area contributed by atoms with Crippen molar-refractivity contribution in [2.24, 2.45) is 0 Å². The van der Waals surface area contributed by atoms with Crippen molar-refractivity contribution >= 4 is 5.91 Å². The van der Waals surface area contributed by atoms with E-state index in [0.717, 1.165) is 35.6 Å². The number of carbonyl (C=O) groups excluding carboxylic acids is 1. The molecule has 1 amide bonds. The van der Waals surface area contributed by atoms with E-state index in [9.17, 15) is 23.1 Å². The van der Waals surface area contributed by atoms with Gasteiger partial charge in [-0.05, 0) is 62.1 Å². The van der Waals surface area contributed by atoms with Gasteiger partial charge in [-0.15, -0.1) is 0 Å². The highest BCUT2D eigenvalue weighted by Gasteiger charge is 2.47. The molecule has 2 bridgehead atoms. The third kappa shape index (κ3) is 6.54. The summed E-state index contributed by atoms with van der Waals surface area (Å²) < 4.78 is 49.4. The Hall–Kier alpha value is -2.73. The van der Waals surface area contributed by atoms with Crippen molar-refractivity contribution in [3.8, 4) is 5.75 Å². The number of alkyl halides is 3. The SMILES string of the molecule is COCCNC[C@@H](O)COc1ccc([C@H](C)N2C[C@@H]3C[C@H]2CN3C(=O)c2ccc(C(F)(F)F)nc2)c(C)c1C. The lowest BCUT2D eigenvalue weighted by atomic mass is 9.96. The van der Waals surface area contributed by atoms with Crippen molar-refractivity contribution in [3.63, 3.8) is 0 Å². The molecule has 0 unspecified atom stereocenters. The standard InChI is InChI=1S/C28H37F3N4O4/c1-17-18(2)25(39-16-23(36)13-32-9-10-38-4)7-6-24(17)19(3)34-14-22-11-21(34)15-35(22)27(37)20-5-8-26(33-12-20)28(29,30)31/h5-8,12,19,21-23,32,36H,9-11,13-16H2,1-4H3/t19-,21-,22-,23+/m0/s1. The van der Waals surface area contributed by atoms with Crippen molar-refractivity contribution in [2.45, 2.75) is 57.6 Å². The van der Waals surface area contributed by atoms with Gasteiger partial charge in [0.1, 0.15) is 24.2 Å². The van der Waals surface area contributed by atoms with Crippen LogP contribution in [0.2, 0.25) is 0 Å². The van der Waals surface area contributed by atoms with Crippen LogP contribution >= 0.6 is 0 Å². The normalized spacial score (nSPS) is 20.9. The Balaban J connectivity index is 1.34. The first-order valence-electron chi connectivity index (χ1n) is 13.2. The van der Waals surface area contributed by atoms with Crippen LogP contribution in [-0.4, -0.2) is 90.5 Å². The minimum atomic E-state index is -4.53. The van der Waals surface area contributed by atoms with Crippen LogP contribution < -0.4 is 10.1 Å². The van der Waals surface area contributed by atoms with Gasteiger partial charge in [0, 0.05) is 57.6 Å². The summed E-state index contributed by atoms with van der Waals surface area (Å²) in [6.45, 7) is 9.31. The number of likely N-dealkylation sites (tertiary alicyclic amines) is 2. The zero-order valence-electron chi connectivity index (χ0n) is 22.8. The molecule has 3 heterocycles. The maximum atomic E-state index is 13.0. The van der Waals surface area contributed by atoms with E-state index >= 15 is 0 Å². The number of fused-ring (bicyclic) bond motifs is 2. The molecule has 0 aliphatic carbocycles. The van der Waals surface area contributed by atoms with E-state index in [-0.39, 0.29) is 36.2 Å². The number of aliphatic hydroxyl groups is 1. The third-order valence-electron chi connectivity index (χ3n) is 7.87. The second-order valence-corrected chi connectivity index (χ2v) is 10.4. The Kier molecular flexibility index (Phi) is 9.15. The Morgan fingerprint density at radius 3 is 2.56 bits per heavy atom. The molecule has 0 spiro atoms. The van der Waals surface area contributed by atoms with Crippen LogP contribution in [0.15, 0.2) is 30.5 Å². The van der Waals surface area contributed by atoms with Gasteiger partial charge < -0.3 is 24.8 Å². The number of pyridine rings is 1. The summed E-state index contributed by atoms with van der Waals surface area (Å²) in [7, 11) is 1.63. The van der Waals surface area contributed by atoms with Crippen molar-refractivity contribution in [3.05, 3.63) is 58.4 Å². The number of methoxy groups -OCH3 is 1. The van der Waals surface area contributed by atoms with Gasteiger partial charge in [0.05, 0.1) is 12.2 Å². The van der Waals surface area contributed by atoms with E-state index in [1.165, 1.54) is 11.6 Å². The minimum absolute atomic E-state index is 0.00948. The number of aliphatic hydroxyl groups excluding tert-OH is 1. The summed E-state index contributed by atoms with van der Waals surface area (Å²) in [6.07, 6.45) is -3.32. The maximum absolute atomic E-state index is 13.0. The Morgan fingerprint density at radius 2 is 1.95 bits per heavy atom. The lowest BCUT2D eigenvalue weighted by Crippen LogP contribution is -2.49. The smallest absolute Gasteiger partial charge is 0.433 e. The number of ether oxygens (including phenoxy) is 2. The number of hydrogen-bond donors (Lipinski definition) is 2. The number of hydrogen-bond acceptors (Lipinski definition) is 7. The maximum Gasteiger partial charge on any atom is 0.433 e. The molecule has 4 atom stereocenters. The first-order valence-corrected chi connectivity index (χ1v) is 13.2. The van der Waals surface area contributed by atoms with Crippen LogP contribution in [0.25, 0.3) is 0 Å². The van der Waals surface area contributed by atoms with Crippen LogP contribution in [0.4, 0.5) is 13.2 Å². The van der Waals surface area contributed by atoms with Gasteiger partial charge in [0.25, 0.3) is 5.91 Å². The van der Waals surface area contributed by atoms with Crippen LogP contribution in [0, 0.1) is 13.8 Å². The summed E-state index contributed by atoms with van der Waals surface area (Å²) in [5.74, 6) is 0.463. The summed E-state index contributed by atoms with van der Waals surface area (Å²) in [4.78, 5) is 20.6. The molecule has 0 saturated carbocycles. The molecule has 0 radical (unpaired) electrons. The van der Waals surface area contributed by atoms with E-state index in [1.807, 2.05) is 13.0 Å². The number of benzene rings is 1. The van der Waals surface area contributed by atoms with Crippen LogP contribution in [0.1, 0.15) is 52.1 Å². The van der Waals surface area contributed by atoms with Crippen molar-refractivity contribution < 1.29 is 32.5 Å². The molecule has 2 aliphatic rings. The van der Waals surface area contributed by atoms with Gasteiger partial charge in [0.2, 0.25) is 0 Å². The zero-order chi connectivity index (χ0) is 28.3. The predicted octanol–water partition coefficient (Wildman–Crippen LogP) is 3.35. The first-order chi connectivity index (χ1) is 18.5. The molecule has 1 aromatic carbocycles. The molecule has 2 N–H and O–H groups in total. The monoisotopic (exact) mass is 550 g/mol. The second kappa shape index (κ2) is 12.2. The molecular formula is C28H37F3N4O4. The van der Waals surface area contributed by atoms with E-state index in [4.69, 9.17) is 9.47 Å². The molecule has 8 nitrogen and oxygen atoms in total. The molecule has 2 saturated heterocycles. The summed E-state index contributed by atoms with van der Waals surface area (Å²) in [5, 5.41) is 13.3. The van der Waals surface area contributed by atoms with Crippen molar-refractivity contribution in [1.29, 1.82) is 0 Å². The van der Waals surface area contributed by atoms with Gasteiger partial charge >= 0.3 is 6.18 Å². The average molecular weight is 551 g/mol.